The Morgan fingerprint density at radius 3 is 2.71 bits per heavy atom. The molecule has 2 N–H and O–H groups in total. The summed E-state index contributed by atoms with van der Waals surface area (Å²) in [5, 5.41) is 4.32. The van der Waals surface area contributed by atoms with Crippen LogP contribution < -0.4 is 5.73 Å². The predicted molar refractivity (Wildman–Crippen MR) is 60.4 cm³/mol. The fraction of sp³-hybridized carbons (Fsp3) is 0.100. The summed E-state index contributed by atoms with van der Waals surface area (Å²) in [6.45, 7) is 1.96. The van der Waals surface area contributed by atoms with Crippen molar-refractivity contribution >= 4 is 21.6 Å². The molecule has 0 saturated carbocycles. The van der Waals surface area contributed by atoms with Gasteiger partial charge in [-0.15, -0.1) is 0 Å². The molecule has 14 heavy (non-hydrogen) atoms. The molecule has 1 aromatic carbocycles. The van der Waals surface area contributed by atoms with Gasteiger partial charge in [-0.2, -0.15) is 5.10 Å². The normalized spacial score (nSPS) is 10.4. The van der Waals surface area contributed by atoms with E-state index in [9.17, 15) is 0 Å². The molecule has 0 aliphatic rings. The third-order valence-corrected chi connectivity index (χ3v) is 2.58. The summed E-state index contributed by atoms with van der Waals surface area (Å²) in [7, 11) is 0. The number of nitrogens with zero attached hydrogens (tertiary/aromatic N) is 2. The Kier molecular flexibility index (Phi) is 2.29. The Hall–Kier alpha value is -1.29. The molecule has 1 aromatic heterocycles. The molecule has 2 aromatic rings. The van der Waals surface area contributed by atoms with Gasteiger partial charge in [-0.05, 0) is 47.1 Å². The van der Waals surface area contributed by atoms with E-state index in [4.69, 9.17) is 5.73 Å². The zero-order valence-electron chi connectivity index (χ0n) is 7.74. The van der Waals surface area contributed by atoms with E-state index in [1.165, 1.54) is 0 Å². The van der Waals surface area contributed by atoms with Crippen LogP contribution in [0.15, 0.2) is 34.9 Å². The van der Waals surface area contributed by atoms with E-state index in [0.29, 0.717) is 0 Å². The lowest BCUT2D eigenvalue weighted by molar-refractivity contribution is 0.859. The zero-order chi connectivity index (χ0) is 10.1. The molecule has 72 valence electrons. The third-order valence-electron chi connectivity index (χ3n) is 1.94. The van der Waals surface area contributed by atoms with Crippen LogP contribution in [0.4, 0.5) is 5.69 Å². The second kappa shape index (κ2) is 3.46. The number of hydrogen-bond donors (Lipinski definition) is 1. The Labute approximate surface area is 90.7 Å². The minimum atomic E-state index is 0.740. The molecule has 0 aliphatic heterocycles. The maximum absolute atomic E-state index is 5.65. The first kappa shape index (κ1) is 9.27. The number of rotatable bonds is 1. The standard InChI is InChI=1S/C10H10BrN3/c1-7-4-5-14(13-7)10-3-2-8(12)6-9(10)11/h2-6H,12H2,1H3. The van der Waals surface area contributed by atoms with Gasteiger partial charge >= 0.3 is 0 Å². The van der Waals surface area contributed by atoms with Gasteiger partial charge in [-0.3, -0.25) is 0 Å². The van der Waals surface area contributed by atoms with Crippen molar-refractivity contribution in [2.45, 2.75) is 6.92 Å². The van der Waals surface area contributed by atoms with Crippen molar-refractivity contribution in [1.29, 1.82) is 0 Å². The number of halogens is 1. The van der Waals surface area contributed by atoms with Gasteiger partial charge in [-0.25, -0.2) is 4.68 Å². The summed E-state index contributed by atoms with van der Waals surface area (Å²) in [5.74, 6) is 0. The van der Waals surface area contributed by atoms with Crippen molar-refractivity contribution in [2.75, 3.05) is 5.73 Å². The first-order valence-corrected chi connectivity index (χ1v) is 5.04. The number of benzene rings is 1. The van der Waals surface area contributed by atoms with Gasteiger partial charge in [0.25, 0.3) is 0 Å². The Bertz CT molecular complexity index is 462. The van der Waals surface area contributed by atoms with Gasteiger partial charge in [-0.1, -0.05) is 0 Å². The topological polar surface area (TPSA) is 43.8 Å². The highest BCUT2D eigenvalue weighted by atomic mass is 79.9. The number of nitrogens with two attached hydrogens (primary N) is 1. The highest BCUT2D eigenvalue weighted by Crippen LogP contribution is 2.22. The van der Waals surface area contributed by atoms with E-state index >= 15 is 0 Å². The van der Waals surface area contributed by atoms with Crippen LogP contribution >= 0.6 is 15.9 Å². The van der Waals surface area contributed by atoms with Gasteiger partial charge in [0.15, 0.2) is 0 Å². The Morgan fingerprint density at radius 1 is 1.36 bits per heavy atom. The molecular formula is C10H10BrN3. The summed E-state index contributed by atoms with van der Waals surface area (Å²) < 4.78 is 2.76. The van der Waals surface area contributed by atoms with Crippen molar-refractivity contribution in [3.8, 4) is 5.69 Å². The quantitative estimate of drug-likeness (QED) is 0.792. The van der Waals surface area contributed by atoms with Crippen molar-refractivity contribution in [1.82, 2.24) is 9.78 Å². The van der Waals surface area contributed by atoms with Crippen LogP contribution in [0.5, 0.6) is 0 Å². The van der Waals surface area contributed by atoms with Crippen molar-refractivity contribution < 1.29 is 0 Å². The number of aryl methyl sites for hydroxylation is 1. The summed E-state index contributed by atoms with van der Waals surface area (Å²) in [6, 6.07) is 7.62. The molecule has 4 heteroatoms. The molecule has 0 atom stereocenters. The Morgan fingerprint density at radius 2 is 2.14 bits per heavy atom. The zero-order valence-corrected chi connectivity index (χ0v) is 9.32. The largest absolute Gasteiger partial charge is 0.399 e. The molecular weight excluding hydrogens is 242 g/mol. The van der Waals surface area contributed by atoms with Gasteiger partial charge < -0.3 is 5.73 Å². The first-order chi connectivity index (χ1) is 6.66. The maximum atomic E-state index is 5.65. The van der Waals surface area contributed by atoms with Crippen LogP contribution in [0, 0.1) is 6.92 Å². The fourth-order valence-corrected chi connectivity index (χ4v) is 1.84. The fourth-order valence-electron chi connectivity index (χ4n) is 1.26. The van der Waals surface area contributed by atoms with E-state index in [2.05, 4.69) is 21.0 Å². The first-order valence-electron chi connectivity index (χ1n) is 4.24. The summed E-state index contributed by atoms with van der Waals surface area (Å²) in [5.41, 5.74) is 8.38. The van der Waals surface area contributed by atoms with Gasteiger partial charge in [0.1, 0.15) is 0 Å². The highest BCUT2D eigenvalue weighted by molar-refractivity contribution is 9.10. The molecule has 0 unspecified atom stereocenters. The van der Waals surface area contributed by atoms with E-state index < -0.39 is 0 Å². The molecule has 1 heterocycles. The number of hydrogen-bond acceptors (Lipinski definition) is 2. The molecule has 2 rings (SSSR count). The van der Waals surface area contributed by atoms with Gasteiger partial charge in [0, 0.05) is 16.4 Å². The van der Waals surface area contributed by atoms with E-state index in [1.54, 1.807) is 0 Å². The summed E-state index contributed by atoms with van der Waals surface area (Å²) in [6.07, 6.45) is 1.92. The SMILES string of the molecule is Cc1ccn(-c2ccc(N)cc2Br)n1. The van der Waals surface area contributed by atoms with Crippen LogP contribution in [-0.2, 0) is 0 Å². The molecule has 0 amide bonds. The van der Waals surface area contributed by atoms with E-state index in [-0.39, 0.29) is 0 Å². The van der Waals surface area contributed by atoms with Crippen molar-refractivity contribution in [3.63, 3.8) is 0 Å². The lowest BCUT2D eigenvalue weighted by Gasteiger charge is -2.04. The molecule has 0 bridgehead atoms. The van der Waals surface area contributed by atoms with Crippen molar-refractivity contribution in [2.24, 2.45) is 0 Å². The maximum Gasteiger partial charge on any atom is 0.0789 e. The Balaban J connectivity index is 2.52. The monoisotopic (exact) mass is 251 g/mol. The summed E-state index contributed by atoms with van der Waals surface area (Å²) in [4.78, 5) is 0. The molecule has 0 aliphatic carbocycles. The lowest BCUT2D eigenvalue weighted by atomic mass is 10.3. The second-order valence-corrected chi connectivity index (χ2v) is 3.97. The van der Waals surface area contributed by atoms with Crippen molar-refractivity contribution in [3.05, 3.63) is 40.6 Å². The minimum Gasteiger partial charge on any atom is -0.399 e. The predicted octanol–water partition coefficient (Wildman–Crippen LogP) is 2.53. The number of anilines is 1. The smallest absolute Gasteiger partial charge is 0.0789 e. The molecule has 0 fully saturated rings. The number of aromatic nitrogens is 2. The minimum absolute atomic E-state index is 0.740. The van der Waals surface area contributed by atoms with Crippen LogP contribution in [0.3, 0.4) is 0 Å². The van der Waals surface area contributed by atoms with Crippen LogP contribution in [0.25, 0.3) is 5.69 Å². The van der Waals surface area contributed by atoms with E-state index in [0.717, 1.165) is 21.5 Å². The van der Waals surface area contributed by atoms with Crippen LogP contribution in [0.2, 0.25) is 0 Å². The van der Waals surface area contributed by atoms with Crippen LogP contribution in [0.1, 0.15) is 5.69 Å². The van der Waals surface area contributed by atoms with E-state index in [1.807, 2.05) is 42.1 Å². The molecule has 0 radical (unpaired) electrons. The molecule has 0 saturated heterocycles. The molecule has 0 spiro atoms. The second-order valence-electron chi connectivity index (χ2n) is 3.11. The third kappa shape index (κ3) is 1.65. The van der Waals surface area contributed by atoms with Crippen LogP contribution in [-0.4, -0.2) is 9.78 Å². The summed E-state index contributed by atoms with van der Waals surface area (Å²) >= 11 is 3.45. The average Bonchev–Trinajstić information content (AvgIpc) is 2.51. The molecule has 3 nitrogen and oxygen atoms in total. The average molecular weight is 252 g/mol. The van der Waals surface area contributed by atoms with Gasteiger partial charge in [0.2, 0.25) is 0 Å². The van der Waals surface area contributed by atoms with Gasteiger partial charge in [0.05, 0.1) is 11.4 Å². The highest BCUT2D eigenvalue weighted by Gasteiger charge is 2.03. The lowest BCUT2D eigenvalue weighted by Crippen LogP contribution is -1.97. The number of nitrogen functional groups attached to an aromatic ring is 1.